The highest BCUT2D eigenvalue weighted by atomic mass is 16.4. The molecular weight excluding hydrogens is 144 g/mol. The van der Waals surface area contributed by atoms with Gasteiger partial charge in [0.1, 0.15) is 11.2 Å². The third-order valence-corrected chi connectivity index (χ3v) is 1.06. The summed E-state index contributed by atoms with van der Waals surface area (Å²) in [6.45, 7) is 1.08. The SMILES string of the molecule is CC(=O)O.c1cc2ccc1o2. The van der Waals surface area contributed by atoms with E-state index in [2.05, 4.69) is 0 Å². The third-order valence-electron chi connectivity index (χ3n) is 1.06. The summed E-state index contributed by atoms with van der Waals surface area (Å²) in [5.41, 5.74) is 1.94. The molecule has 0 unspecified atom stereocenters. The minimum atomic E-state index is -0.833. The number of rotatable bonds is 0. The average molecular weight is 152 g/mol. The second-order valence-electron chi connectivity index (χ2n) is 2.09. The predicted molar refractivity (Wildman–Crippen MR) is 40.7 cm³/mol. The van der Waals surface area contributed by atoms with Crippen LogP contribution in [0.2, 0.25) is 0 Å². The molecule has 0 atom stereocenters. The van der Waals surface area contributed by atoms with E-state index in [-0.39, 0.29) is 0 Å². The van der Waals surface area contributed by atoms with Crippen molar-refractivity contribution in [3.8, 4) is 0 Å². The molecule has 0 aliphatic heterocycles. The van der Waals surface area contributed by atoms with Gasteiger partial charge in [0.15, 0.2) is 0 Å². The smallest absolute Gasteiger partial charge is 0.300 e. The Bertz CT molecular complexity index is 274. The highest BCUT2D eigenvalue weighted by Crippen LogP contribution is 2.13. The van der Waals surface area contributed by atoms with Crippen LogP contribution in [0.15, 0.2) is 28.7 Å². The Morgan fingerprint density at radius 1 is 1.27 bits per heavy atom. The number of carboxylic acids is 1. The second kappa shape index (κ2) is 3.05. The number of aliphatic carboxylic acids is 1. The highest BCUT2D eigenvalue weighted by Gasteiger charge is 1.91. The molecule has 2 aromatic rings. The summed E-state index contributed by atoms with van der Waals surface area (Å²) >= 11 is 0. The van der Waals surface area contributed by atoms with E-state index in [4.69, 9.17) is 14.3 Å². The zero-order valence-electron chi connectivity index (χ0n) is 6.07. The van der Waals surface area contributed by atoms with Crippen molar-refractivity contribution in [2.24, 2.45) is 0 Å². The summed E-state index contributed by atoms with van der Waals surface area (Å²) in [6, 6.07) is 7.81. The number of benzene rings is 1. The van der Waals surface area contributed by atoms with Gasteiger partial charge in [-0.1, -0.05) is 0 Å². The summed E-state index contributed by atoms with van der Waals surface area (Å²) in [4.78, 5) is 9.00. The molecule has 2 aromatic heterocycles. The molecule has 0 saturated heterocycles. The van der Waals surface area contributed by atoms with Gasteiger partial charge < -0.3 is 9.52 Å². The van der Waals surface area contributed by atoms with Crippen LogP contribution in [0.4, 0.5) is 0 Å². The molecule has 1 N–H and O–H groups in total. The summed E-state index contributed by atoms with van der Waals surface area (Å²) in [5, 5.41) is 7.42. The van der Waals surface area contributed by atoms with Crippen LogP contribution in [0.3, 0.4) is 0 Å². The maximum Gasteiger partial charge on any atom is 0.300 e. The summed E-state index contributed by atoms with van der Waals surface area (Å²) in [6.07, 6.45) is 0. The number of hydrogen-bond acceptors (Lipinski definition) is 2. The normalized spacial score (nSPS) is 9.18. The van der Waals surface area contributed by atoms with Crippen LogP contribution in [0.5, 0.6) is 0 Å². The minimum Gasteiger partial charge on any atom is -0.481 e. The topological polar surface area (TPSA) is 50.4 Å². The first-order valence-corrected chi connectivity index (χ1v) is 3.16. The van der Waals surface area contributed by atoms with E-state index in [0.29, 0.717) is 0 Å². The largest absolute Gasteiger partial charge is 0.481 e. The first-order valence-electron chi connectivity index (χ1n) is 3.16. The van der Waals surface area contributed by atoms with Crippen molar-refractivity contribution in [1.82, 2.24) is 0 Å². The number of hydrogen-bond donors (Lipinski definition) is 1. The van der Waals surface area contributed by atoms with Crippen molar-refractivity contribution >= 4 is 17.1 Å². The predicted octanol–water partition coefficient (Wildman–Crippen LogP) is 1.96. The van der Waals surface area contributed by atoms with Gasteiger partial charge >= 0.3 is 0 Å². The van der Waals surface area contributed by atoms with E-state index in [1.54, 1.807) is 0 Å². The Hall–Kier alpha value is -1.51. The van der Waals surface area contributed by atoms with Crippen LogP contribution in [-0.2, 0) is 4.79 Å². The zero-order valence-corrected chi connectivity index (χ0v) is 6.07. The highest BCUT2D eigenvalue weighted by molar-refractivity contribution is 5.63. The lowest BCUT2D eigenvalue weighted by Crippen LogP contribution is -1.78. The second-order valence-corrected chi connectivity index (χ2v) is 2.09. The van der Waals surface area contributed by atoms with Gasteiger partial charge in [0.05, 0.1) is 0 Å². The maximum absolute atomic E-state index is 9.00. The van der Waals surface area contributed by atoms with Crippen LogP contribution >= 0.6 is 0 Å². The first-order chi connectivity index (χ1) is 5.18. The van der Waals surface area contributed by atoms with Crippen LogP contribution < -0.4 is 0 Å². The van der Waals surface area contributed by atoms with E-state index in [0.717, 1.165) is 18.1 Å². The number of carboxylic acid groups (broad SMARTS) is 1. The molecule has 0 radical (unpaired) electrons. The molecule has 2 rings (SSSR count). The van der Waals surface area contributed by atoms with Gasteiger partial charge in [0.2, 0.25) is 0 Å². The van der Waals surface area contributed by atoms with Gasteiger partial charge in [0.25, 0.3) is 5.97 Å². The fourth-order valence-electron chi connectivity index (χ4n) is 0.712. The molecule has 11 heavy (non-hydrogen) atoms. The van der Waals surface area contributed by atoms with Gasteiger partial charge in [-0.3, -0.25) is 4.79 Å². The lowest BCUT2D eigenvalue weighted by molar-refractivity contribution is -0.134. The van der Waals surface area contributed by atoms with Crippen molar-refractivity contribution in [3.63, 3.8) is 0 Å². The van der Waals surface area contributed by atoms with Gasteiger partial charge in [-0.25, -0.2) is 0 Å². The van der Waals surface area contributed by atoms with Crippen LogP contribution in [0.25, 0.3) is 11.2 Å². The Kier molecular flexibility index (Phi) is 2.11. The Morgan fingerprint density at radius 3 is 1.64 bits per heavy atom. The molecule has 58 valence electrons. The Labute approximate surface area is 63.6 Å². The van der Waals surface area contributed by atoms with Crippen molar-refractivity contribution in [3.05, 3.63) is 24.3 Å². The van der Waals surface area contributed by atoms with Crippen LogP contribution in [0.1, 0.15) is 6.92 Å². The summed E-state index contributed by atoms with van der Waals surface area (Å²) in [7, 11) is 0. The van der Waals surface area contributed by atoms with Gasteiger partial charge in [0, 0.05) is 6.92 Å². The Balaban J connectivity index is 0.000000134. The number of furan rings is 2. The maximum atomic E-state index is 9.00. The molecule has 2 heterocycles. The molecule has 0 fully saturated rings. The zero-order chi connectivity index (χ0) is 8.27. The lowest BCUT2D eigenvalue weighted by Gasteiger charge is -1.60. The van der Waals surface area contributed by atoms with Crippen molar-refractivity contribution < 1.29 is 14.3 Å². The van der Waals surface area contributed by atoms with Gasteiger partial charge in [-0.05, 0) is 24.3 Å². The van der Waals surface area contributed by atoms with E-state index in [9.17, 15) is 0 Å². The molecule has 0 aromatic carbocycles. The van der Waals surface area contributed by atoms with Gasteiger partial charge in [-0.2, -0.15) is 0 Å². The summed E-state index contributed by atoms with van der Waals surface area (Å²) in [5.74, 6) is -0.833. The number of carbonyl (C=O) groups is 1. The van der Waals surface area contributed by atoms with E-state index in [1.807, 2.05) is 24.3 Å². The molecule has 0 amide bonds. The third kappa shape index (κ3) is 2.29. The van der Waals surface area contributed by atoms with E-state index >= 15 is 0 Å². The standard InChI is InChI=1S/C6H4O.C2H4O2/c1-2-6-4-3-5(1)7-6;1-2(3)4/h1-4H;1H3,(H,3,4). The van der Waals surface area contributed by atoms with Gasteiger partial charge in [-0.15, -0.1) is 0 Å². The molecule has 3 heteroatoms. The van der Waals surface area contributed by atoms with Crippen molar-refractivity contribution in [2.45, 2.75) is 6.92 Å². The molecule has 0 spiro atoms. The molecule has 0 saturated carbocycles. The fourth-order valence-corrected chi connectivity index (χ4v) is 0.712. The number of fused-ring (bicyclic) bond motifs is 2. The monoisotopic (exact) mass is 152 g/mol. The quantitative estimate of drug-likeness (QED) is 0.627. The Morgan fingerprint density at radius 2 is 1.55 bits per heavy atom. The van der Waals surface area contributed by atoms with E-state index < -0.39 is 5.97 Å². The molecule has 3 nitrogen and oxygen atoms in total. The summed E-state index contributed by atoms with van der Waals surface area (Å²) < 4.78 is 5.08. The minimum absolute atomic E-state index is 0.833. The molecular formula is C8H8O3. The first kappa shape index (κ1) is 7.60. The molecule has 0 aliphatic rings. The molecule has 0 aliphatic carbocycles. The fraction of sp³-hybridized carbons (Fsp3) is 0.125. The molecule has 2 bridgehead atoms. The average Bonchev–Trinajstić information content (AvgIpc) is 2.45. The lowest BCUT2D eigenvalue weighted by atomic mass is 10.4. The van der Waals surface area contributed by atoms with Crippen molar-refractivity contribution in [2.75, 3.05) is 0 Å². The van der Waals surface area contributed by atoms with Crippen molar-refractivity contribution in [1.29, 1.82) is 0 Å². The van der Waals surface area contributed by atoms with E-state index in [1.165, 1.54) is 0 Å². The van der Waals surface area contributed by atoms with Crippen LogP contribution in [0, 0.1) is 0 Å². The van der Waals surface area contributed by atoms with Crippen LogP contribution in [-0.4, -0.2) is 11.1 Å².